The van der Waals surface area contributed by atoms with Crippen LogP contribution in [0, 0.1) is 10.1 Å². The average molecular weight is 397 g/mol. The van der Waals surface area contributed by atoms with E-state index in [1.807, 2.05) is 0 Å². The van der Waals surface area contributed by atoms with Crippen LogP contribution < -0.4 is 5.32 Å². The highest BCUT2D eigenvalue weighted by atomic mass is 16.6. The summed E-state index contributed by atoms with van der Waals surface area (Å²) in [6.45, 7) is 0.361. The lowest BCUT2D eigenvalue weighted by molar-refractivity contribution is -0.384. The number of nitro groups is 1. The molecule has 2 N–H and O–H groups in total. The van der Waals surface area contributed by atoms with E-state index in [0.29, 0.717) is 18.7 Å². The van der Waals surface area contributed by atoms with Crippen LogP contribution >= 0.6 is 0 Å². The number of hydrogen-bond acceptors (Lipinski definition) is 5. The van der Waals surface area contributed by atoms with Gasteiger partial charge in [-0.25, -0.2) is 4.79 Å². The number of aliphatic carboxylic acids is 1. The van der Waals surface area contributed by atoms with E-state index >= 15 is 0 Å². The van der Waals surface area contributed by atoms with Crippen molar-refractivity contribution in [2.45, 2.75) is 25.3 Å². The first-order valence-electron chi connectivity index (χ1n) is 9.06. The van der Waals surface area contributed by atoms with Gasteiger partial charge in [0.05, 0.1) is 4.92 Å². The van der Waals surface area contributed by atoms with Gasteiger partial charge >= 0.3 is 5.97 Å². The minimum absolute atomic E-state index is 0.109. The Balaban J connectivity index is 1.78. The van der Waals surface area contributed by atoms with Crippen LogP contribution in [-0.2, 0) is 4.79 Å². The summed E-state index contributed by atoms with van der Waals surface area (Å²) in [5, 5.41) is 22.8. The van der Waals surface area contributed by atoms with Crippen LogP contribution in [0.5, 0.6) is 0 Å². The van der Waals surface area contributed by atoms with Gasteiger partial charge in [0.25, 0.3) is 17.5 Å². The fraction of sp³-hybridized carbons (Fsp3) is 0.250. The predicted octanol–water partition coefficient (Wildman–Crippen LogP) is 2.93. The molecule has 1 aliphatic rings. The second-order valence-corrected chi connectivity index (χ2v) is 6.69. The first-order chi connectivity index (χ1) is 13.9. The maximum Gasteiger partial charge on any atom is 0.326 e. The number of anilines is 1. The Morgan fingerprint density at radius 1 is 1.07 bits per heavy atom. The Morgan fingerprint density at radius 3 is 2.52 bits per heavy atom. The molecule has 29 heavy (non-hydrogen) atoms. The maximum atomic E-state index is 12.8. The summed E-state index contributed by atoms with van der Waals surface area (Å²) in [4.78, 5) is 48.3. The van der Waals surface area contributed by atoms with Gasteiger partial charge in [-0.05, 0) is 43.5 Å². The smallest absolute Gasteiger partial charge is 0.326 e. The zero-order valence-electron chi connectivity index (χ0n) is 15.4. The number of carboxylic acids is 1. The van der Waals surface area contributed by atoms with Crippen LogP contribution in [0.25, 0.3) is 0 Å². The SMILES string of the molecule is O=C(Nc1cccc(C(=O)N2CCCCC2C(=O)O)c1)c1cccc([N+](=O)[O-])c1. The molecule has 1 heterocycles. The zero-order valence-corrected chi connectivity index (χ0v) is 15.4. The number of carboxylic acid groups (broad SMARTS) is 1. The second-order valence-electron chi connectivity index (χ2n) is 6.69. The summed E-state index contributed by atoms with van der Waals surface area (Å²) in [7, 11) is 0. The Bertz CT molecular complexity index is 974. The van der Waals surface area contributed by atoms with Crippen molar-refractivity contribution in [3.63, 3.8) is 0 Å². The molecule has 150 valence electrons. The molecule has 2 aromatic carbocycles. The molecule has 0 bridgehead atoms. The number of non-ortho nitro benzene ring substituents is 1. The zero-order chi connectivity index (χ0) is 21.0. The number of carbonyl (C=O) groups excluding carboxylic acids is 2. The van der Waals surface area contributed by atoms with Gasteiger partial charge < -0.3 is 15.3 Å². The number of carbonyl (C=O) groups is 3. The number of piperidine rings is 1. The number of benzene rings is 2. The second kappa shape index (κ2) is 8.51. The molecule has 9 heteroatoms. The lowest BCUT2D eigenvalue weighted by atomic mass is 10.0. The van der Waals surface area contributed by atoms with Crippen molar-refractivity contribution in [2.24, 2.45) is 0 Å². The quantitative estimate of drug-likeness (QED) is 0.589. The van der Waals surface area contributed by atoms with Gasteiger partial charge in [-0.1, -0.05) is 12.1 Å². The molecule has 1 fully saturated rings. The summed E-state index contributed by atoms with van der Waals surface area (Å²) in [5.41, 5.74) is 0.496. The number of nitro benzene ring substituents is 1. The molecule has 0 aliphatic carbocycles. The Kier molecular flexibility index (Phi) is 5.87. The van der Waals surface area contributed by atoms with Crippen LogP contribution in [0.4, 0.5) is 11.4 Å². The van der Waals surface area contributed by atoms with Crippen molar-refractivity contribution in [2.75, 3.05) is 11.9 Å². The Hall–Kier alpha value is -3.75. The minimum Gasteiger partial charge on any atom is -0.480 e. The van der Waals surface area contributed by atoms with E-state index < -0.39 is 28.7 Å². The monoisotopic (exact) mass is 397 g/mol. The molecular formula is C20H19N3O6. The van der Waals surface area contributed by atoms with Gasteiger partial charge in [0.1, 0.15) is 6.04 Å². The maximum absolute atomic E-state index is 12.8. The molecule has 1 unspecified atom stereocenters. The van der Waals surface area contributed by atoms with Crippen LogP contribution in [0.3, 0.4) is 0 Å². The van der Waals surface area contributed by atoms with E-state index in [9.17, 15) is 29.6 Å². The van der Waals surface area contributed by atoms with E-state index in [0.717, 1.165) is 18.9 Å². The van der Waals surface area contributed by atoms with Gasteiger partial charge in [0, 0.05) is 35.5 Å². The highest BCUT2D eigenvalue weighted by Crippen LogP contribution is 2.22. The molecule has 2 aromatic rings. The summed E-state index contributed by atoms with van der Waals surface area (Å²) >= 11 is 0. The lowest BCUT2D eigenvalue weighted by Gasteiger charge is -2.33. The lowest BCUT2D eigenvalue weighted by Crippen LogP contribution is -2.48. The highest BCUT2D eigenvalue weighted by molar-refractivity contribution is 6.05. The predicted molar refractivity (Wildman–Crippen MR) is 104 cm³/mol. The van der Waals surface area contributed by atoms with Gasteiger partial charge in [-0.3, -0.25) is 19.7 Å². The van der Waals surface area contributed by atoms with Crippen molar-refractivity contribution in [1.29, 1.82) is 0 Å². The number of rotatable bonds is 5. The number of nitrogens with zero attached hydrogens (tertiary/aromatic N) is 2. The molecule has 0 radical (unpaired) electrons. The first-order valence-corrected chi connectivity index (χ1v) is 9.06. The van der Waals surface area contributed by atoms with Gasteiger partial charge in [-0.15, -0.1) is 0 Å². The largest absolute Gasteiger partial charge is 0.480 e. The van der Waals surface area contributed by atoms with E-state index in [4.69, 9.17) is 0 Å². The van der Waals surface area contributed by atoms with Crippen molar-refractivity contribution in [1.82, 2.24) is 4.90 Å². The normalized spacial score (nSPS) is 16.1. The minimum atomic E-state index is -1.03. The summed E-state index contributed by atoms with van der Waals surface area (Å²) < 4.78 is 0. The van der Waals surface area contributed by atoms with Crippen LogP contribution in [0.2, 0.25) is 0 Å². The molecule has 3 rings (SSSR count). The van der Waals surface area contributed by atoms with Crippen molar-refractivity contribution < 1.29 is 24.4 Å². The fourth-order valence-corrected chi connectivity index (χ4v) is 3.29. The third-order valence-corrected chi connectivity index (χ3v) is 4.74. The fourth-order valence-electron chi connectivity index (χ4n) is 3.29. The Morgan fingerprint density at radius 2 is 1.79 bits per heavy atom. The highest BCUT2D eigenvalue weighted by Gasteiger charge is 2.32. The van der Waals surface area contributed by atoms with Gasteiger partial charge in [0.2, 0.25) is 0 Å². The van der Waals surface area contributed by atoms with Crippen LogP contribution in [0.15, 0.2) is 48.5 Å². The van der Waals surface area contributed by atoms with Crippen molar-refractivity contribution in [3.8, 4) is 0 Å². The molecule has 1 aliphatic heterocycles. The number of nitrogens with one attached hydrogen (secondary N) is 1. The number of hydrogen-bond donors (Lipinski definition) is 2. The molecule has 2 amide bonds. The molecule has 1 saturated heterocycles. The molecule has 1 atom stereocenters. The molecular weight excluding hydrogens is 378 g/mol. The standard InChI is InChI=1S/C20H19N3O6/c24-18(13-5-4-8-16(12-13)23(28)29)21-15-7-3-6-14(11-15)19(25)22-10-2-1-9-17(22)20(26)27/h3-8,11-12,17H,1-2,9-10H2,(H,21,24)(H,26,27). The molecule has 9 nitrogen and oxygen atoms in total. The summed E-state index contributed by atoms with van der Waals surface area (Å²) in [5.74, 6) is -2.00. The van der Waals surface area contributed by atoms with Gasteiger partial charge in [0.15, 0.2) is 0 Å². The number of likely N-dealkylation sites (tertiary alicyclic amines) is 1. The Labute approximate surface area is 166 Å². The third kappa shape index (κ3) is 4.57. The van der Waals surface area contributed by atoms with Gasteiger partial charge in [-0.2, -0.15) is 0 Å². The van der Waals surface area contributed by atoms with E-state index in [2.05, 4.69) is 5.32 Å². The number of amides is 2. The van der Waals surface area contributed by atoms with Crippen molar-refractivity contribution in [3.05, 3.63) is 69.8 Å². The molecule has 0 saturated carbocycles. The first kappa shape index (κ1) is 20.0. The van der Waals surface area contributed by atoms with E-state index in [-0.39, 0.29) is 16.8 Å². The topological polar surface area (TPSA) is 130 Å². The van der Waals surface area contributed by atoms with Crippen LogP contribution in [-0.4, -0.2) is 45.3 Å². The van der Waals surface area contributed by atoms with E-state index in [1.165, 1.54) is 29.2 Å². The molecule has 0 spiro atoms. The third-order valence-electron chi connectivity index (χ3n) is 4.74. The molecule has 0 aromatic heterocycles. The summed E-state index contributed by atoms with van der Waals surface area (Å²) in [6, 6.07) is 10.6. The summed E-state index contributed by atoms with van der Waals surface area (Å²) in [6.07, 6.45) is 1.89. The van der Waals surface area contributed by atoms with E-state index in [1.54, 1.807) is 18.2 Å². The van der Waals surface area contributed by atoms with Crippen molar-refractivity contribution >= 4 is 29.2 Å². The average Bonchev–Trinajstić information content (AvgIpc) is 2.73. The van der Waals surface area contributed by atoms with Crippen LogP contribution in [0.1, 0.15) is 40.0 Å².